The standard InChI is InChI=1S/C20H27FN4O2/c21-14-5-1-4-8-18(14)24-9-11-25(12-10-24)19(26)13-17-20(27)23-16-7-3-2-6-15(16)22-17/h1,4-5,8,15-17,22H,2-3,6-7,9-13H2,(H,23,27). The average Bonchev–Trinajstić information content (AvgIpc) is 2.69. The Morgan fingerprint density at radius 3 is 2.52 bits per heavy atom. The van der Waals surface area contributed by atoms with Crippen LogP contribution in [0.1, 0.15) is 32.1 Å². The zero-order valence-corrected chi connectivity index (χ0v) is 15.5. The first kappa shape index (κ1) is 18.2. The molecule has 2 N–H and O–H groups in total. The summed E-state index contributed by atoms with van der Waals surface area (Å²) in [7, 11) is 0. The number of nitrogens with zero attached hydrogens (tertiary/aromatic N) is 2. The third-order valence-corrected chi connectivity index (χ3v) is 6.03. The summed E-state index contributed by atoms with van der Waals surface area (Å²) < 4.78 is 13.9. The lowest BCUT2D eigenvalue weighted by atomic mass is 9.87. The zero-order valence-electron chi connectivity index (χ0n) is 15.5. The first-order chi connectivity index (χ1) is 13.1. The minimum atomic E-state index is -0.443. The van der Waals surface area contributed by atoms with Gasteiger partial charge in [-0.2, -0.15) is 0 Å². The smallest absolute Gasteiger partial charge is 0.237 e. The number of nitrogens with one attached hydrogen (secondary N) is 2. The molecule has 0 radical (unpaired) electrons. The van der Waals surface area contributed by atoms with E-state index in [0.29, 0.717) is 31.9 Å². The maximum absolute atomic E-state index is 13.9. The predicted octanol–water partition coefficient (Wildman–Crippen LogP) is 1.26. The van der Waals surface area contributed by atoms with Gasteiger partial charge in [-0.25, -0.2) is 4.39 Å². The third kappa shape index (κ3) is 3.93. The molecular weight excluding hydrogens is 347 g/mol. The van der Waals surface area contributed by atoms with Gasteiger partial charge in [-0.1, -0.05) is 25.0 Å². The van der Waals surface area contributed by atoms with Crippen LogP contribution in [0.25, 0.3) is 0 Å². The van der Waals surface area contributed by atoms with E-state index in [4.69, 9.17) is 0 Å². The van der Waals surface area contributed by atoms with E-state index in [1.54, 1.807) is 17.0 Å². The Bertz CT molecular complexity index is 705. The van der Waals surface area contributed by atoms with Gasteiger partial charge in [-0.05, 0) is 25.0 Å². The topological polar surface area (TPSA) is 64.7 Å². The van der Waals surface area contributed by atoms with Crippen LogP contribution in [0.2, 0.25) is 0 Å². The van der Waals surface area contributed by atoms with Crippen molar-refractivity contribution in [1.29, 1.82) is 0 Å². The molecule has 6 nitrogen and oxygen atoms in total. The van der Waals surface area contributed by atoms with Crippen molar-refractivity contribution in [2.24, 2.45) is 0 Å². The first-order valence-electron chi connectivity index (χ1n) is 9.95. The zero-order chi connectivity index (χ0) is 18.8. The largest absolute Gasteiger partial charge is 0.366 e. The Morgan fingerprint density at radius 2 is 1.78 bits per heavy atom. The second-order valence-electron chi connectivity index (χ2n) is 7.75. The molecule has 146 valence electrons. The van der Waals surface area contributed by atoms with Gasteiger partial charge < -0.3 is 20.4 Å². The van der Waals surface area contributed by atoms with E-state index in [9.17, 15) is 14.0 Å². The van der Waals surface area contributed by atoms with E-state index >= 15 is 0 Å². The fourth-order valence-corrected chi connectivity index (χ4v) is 4.48. The molecule has 3 unspecified atom stereocenters. The SMILES string of the molecule is O=C1NC2CCCCC2NC1CC(=O)N1CCN(c2ccccc2F)CC1. The highest BCUT2D eigenvalue weighted by molar-refractivity contribution is 5.89. The molecule has 4 rings (SSSR count). The molecule has 2 saturated heterocycles. The molecule has 7 heteroatoms. The van der Waals surface area contributed by atoms with Crippen molar-refractivity contribution in [1.82, 2.24) is 15.5 Å². The van der Waals surface area contributed by atoms with Crippen LogP contribution in [0.15, 0.2) is 24.3 Å². The van der Waals surface area contributed by atoms with Crippen LogP contribution in [0.4, 0.5) is 10.1 Å². The van der Waals surface area contributed by atoms with Gasteiger partial charge in [0.15, 0.2) is 0 Å². The van der Waals surface area contributed by atoms with E-state index in [1.165, 1.54) is 12.5 Å². The number of benzene rings is 1. The maximum atomic E-state index is 13.9. The van der Waals surface area contributed by atoms with Crippen molar-refractivity contribution in [3.63, 3.8) is 0 Å². The predicted molar refractivity (Wildman–Crippen MR) is 101 cm³/mol. The number of anilines is 1. The highest BCUT2D eigenvalue weighted by Crippen LogP contribution is 2.23. The minimum absolute atomic E-state index is 0.00917. The number of fused-ring (bicyclic) bond motifs is 1. The van der Waals surface area contributed by atoms with Crippen LogP contribution in [0, 0.1) is 5.82 Å². The Hall–Kier alpha value is -2.15. The number of carbonyl (C=O) groups is 2. The molecule has 1 aliphatic carbocycles. The molecule has 27 heavy (non-hydrogen) atoms. The lowest BCUT2D eigenvalue weighted by Gasteiger charge is -2.41. The van der Waals surface area contributed by atoms with Crippen molar-refractivity contribution in [3.8, 4) is 0 Å². The average molecular weight is 374 g/mol. The molecule has 3 atom stereocenters. The van der Waals surface area contributed by atoms with Gasteiger partial charge in [0.05, 0.1) is 18.2 Å². The van der Waals surface area contributed by atoms with Crippen LogP contribution < -0.4 is 15.5 Å². The van der Waals surface area contributed by atoms with Gasteiger partial charge in [0.2, 0.25) is 11.8 Å². The molecular formula is C20H27FN4O2. The molecule has 0 spiro atoms. The van der Waals surface area contributed by atoms with Gasteiger partial charge in [-0.3, -0.25) is 9.59 Å². The summed E-state index contributed by atoms with van der Waals surface area (Å²) in [6.45, 7) is 2.30. The van der Waals surface area contributed by atoms with Crippen molar-refractivity contribution >= 4 is 17.5 Å². The third-order valence-electron chi connectivity index (χ3n) is 6.03. The number of rotatable bonds is 3. The molecule has 2 aliphatic heterocycles. The Labute approximate surface area is 159 Å². The van der Waals surface area contributed by atoms with Gasteiger partial charge in [0, 0.05) is 38.3 Å². The number of amides is 2. The van der Waals surface area contributed by atoms with Crippen LogP contribution >= 0.6 is 0 Å². The number of hydrogen-bond acceptors (Lipinski definition) is 4. The normalized spacial score (nSPS) is 28.5. The van der Waals surface area contributed by atoms with Crippen LogP contribution in [-0.4, -0.2) is 61.0 Å². The maximum Gasteiger partial charge on any atom is 0.237 e. The number of carbonyl (C=O) groups excluding carboxylic acids is 2. The van der Waals surface area contributed by atoms with E-state index in [2.05, 4.69) is 10.6 Å². The molecule has 1 aromatic carbocycles. The number of hydrogen-bond donors (Lipinski definition) is 2. The Kier molecular flexibility index (Phi) is 5.29. The lowest BCUT2D eigenvalue weighted by Crippen LogP contribution is -2.65. The van der Waals surface area contributed by atoms with Gasteiger partial charge in [0.1, 0.15) is 5.82 Å². The summed E-state index contributed by atoms with van der Waals surface area (Å²) in [6, 6.07) is 6.78. The molecule has 3 aliphatic rings. The van der Waals surface area contributed by atoms with E-state index in [0.717, 1.165) is 19.3 Å². The van der Waals surface area contributed by atoms with E-state index < -0.39 is 6.04 Å². The molecule has 2 amide bonds. The fourth-order valence-electron chi connectivity index (χ4n) is 4.48. The summed E-state index contributed by atoms with van der Waals surface area (Å²) in [4.78, 5) is 28.8. The second-order valence-corrected chi connectivity index (χ2v) is 7.75. The summed E-state index contributed by atoms with van der Waals surface area (Å²) in [5.41, 5.74) is 0.585. The van der Waals surface area contributed by atoms with Crippen LogP contribution in [0.5, 0.6) is 0 Å². The monoisotopic (exact) mass is 374 g/mol. The highest BCUT2D eigenvalue weighted by Gasteiger charge is 2.37. The van der Waals surface area contributed by atoms with E-state index in [-0.39, 0.29) is 36.1 Å². The van der Waals surface area contributed by atoms with Crippen LogP contribution in [0.3, 0.4) is 0 Å². The molecule has 1 saturated carbocycles. The fraction of sp³-hybridized carbons (Fsp3) is 0.600. The molecule has 2 heterocycles. The van der Waals surface area contributed by atoms with Gasteiger partial charge >= 0.3 is 0 Å². The number of halogens is 1. The second kappa shape index (κ2) is 7.84. The summed E-state index contributed by atoms with van der Waals surface area (Å²) in [6.07, 6.45) is 4.58. The first-order valence-corrected chi connectivity index (χ1v) is 9.95. The number of piperazine rings is 2. The Balaban J connectivity index is 1.31. The van der Waals surface area contributed by atoms with Crippen molar-refractivity contribution in [2.45, 2.75) is 50.2 Å². The molecule has 1 aromatic rings. The molecule has 0 bridgehead atoms. The summed E-state index contributed by atoms with van der Waals surface area (Å²) in [5.74, 6) is -0.302. The van der Waals surface area contributed by atoms with Gasteiger partial charge in [0.25, 0.3) is 0 Å². The van der Waals surface area contributed by atoms with Crippen molar-refractivity contribution < 1.29 is 14.0 Å². The van der Waals surface area contributed by atoms with Crippen molar-refractivity contribution in [3.05, 3.63) is 30.1 Å². The van der Waals surface area contributed by atoms with Crippen molar-refractivity contribution in [2.75, 3.05) is 31.1 Å². The summed E-state index contributed by atoms with van der Waals surface area (Å²) >= 11 is 0. The summed E-state index contributed by atoms with van der Waals surface area (Å²) in [5, 5.41) is 6.49. The van der Waals surface area contributed by atoms with E-state index in [1.807, 2.05) is 11.0 Å². The van der Waals surface area contributed by atoms with Crippen LogP contribution in [-0.2, 0) is 9.59 Å². The van der Waals surface area contributed by atoms with Gasteiger partial charge in [-0.15, -0.1) is 0 Å². The number of para-hydroxylation sites is 1. The Morgan fingerprint density at radius 1 is 1.07 bits per heavy atom. The highest BCUT2D eigenvalue weighted by atomic mass is 19.1. The molecule has 0 aromatic heterocycles. The lowest BCUT2D eigenvalue weighted by molar-refractivity contribution is -0.136. The minimum Gasteiger partial charge on any atom is -0.366 e. The quantitative estimate of drug-likeness (QED) is 0.836. The molecule has 3 fully saturated rings.